The Morgan fingerprint density at radius 3 is 0.661 bits per heavy atom. The first-order valence-electron chi connectivity index (χ1n) is 38.7. The van der Waals surface area contributed by atoms with E-state index in [2.05, 4.69) is 73.4 Å². The largest absolute Gasteiger partial charge is 0.382 e. The lowest BCUT2D eigenvalue weighted by Gasteiger charge is -2.25. The van der Waals surface area contributed by atoms with E-state index in [0.29, 0.717) is 263 Å². The van der Waals surface area contributed by atoms with Gasteiger partial charge in [-0.25, -0.2) is 0 Å². The van der Waals surface area contributed by atoms with E-state index >= 15 is 0 Å². The molecule has 658 valence electrons. The van der Waals surface area contributed by atoms with Crippen LogP contribution in [0.15, 0.2) is 0 Å². The molecule has 2 unspecified atom stereocenters. The van der Waals surface area contributed by atoms with Crippen molar-refractivity contribution in [3.63, 3.8) is 0 Å². The van der Waals surface area contributed by atoms with Crippen LogP contribution >= 0.6 is 0 Å². The molecule has 0 aliphatic carbocycles. The number of nitrogens with two attached hydrogens (primary N) is 2. The fraction of sp³-hybridized carbons (Fsp3) is 0.892. The molecular formula is C74H142N8O30. The zero-order valence-electron chi connectivity index (χ0n) is 68.5. The highest BCUT2D eigenvalue weighted by Gasteiger charge is 2.33. The minimum absolute atomic E-state index is 0.0472. The van der Waals surface area contributed by atoms with Gasteiger partial charge in [-0.05, 0) is 75.0 Å². The number of hydrogen-bond acceptors (Lipinski definition) is 32. The number of amides is 6. The van der Waals surface area contributed by atoms with Crippen LogP contribution in [0.5, 0.6) is 0 Å². The molecule has 112 heavy (non-hydrogen) atoms. The fourth-order valence-corrected chi connectivity index (χ4v) is 8.94. The monoisotopic (exact) mass is 1620 g/mol. The van der Waals surface area contributed by atoms with Crippen molar-refractivity contribution < 1.29 is 143 Å². The molecule has 0 aromatic rings. The summed E-state index contributed by atoms with van der Waals surface area (Å²) in [5.41, 5.74) is 12.7. The summed E-state index contributed by atoms with van der Waals surface area (Å²) in [5, 5.41) is 16.8. The Kier molecular flexibility index (Phi) is 84.2. The zero-order valence-corrected chi connectivity index (χ0v) is 68.5. The van der Waals surface area contributed by atoms with Crippen molar-refractivity contribution in [3.05, 3.63) is 0 Å². The normalized spacial score (nSPS) is 12.4. The molecule has 0 aromatic heterocycles. The number of carbonyl (C=O) groups excluding carboxylic acids is 10. The first-order chi connectivity index (χ1) is 54.1. The van der Waals surface area contributed by atoms with E-state index in [1.807, 2.05) is 0 Å². The molecule has 10 N–H and O–H groups in total. The molecule has 4 atom stereocenters. The first kappa shape index (κ1) is 111. The highest BCUT2D eigenvalue weighted by Crippen LogP contribution is 2.21. The lowest BCUT2D eigenvalue weighted by atomic mass is 9.90. The average Bonchev–Trinajstić information content (AvgIpc) is 0.860. The van der Waals surface area contributed by atoms with Gasteiger partial charge in [-0.2, -0.15) is 19.2 Å². The highest BCUT2D eigenvalue weighted by molar-refractivity contribution is 5.96. The first-order valence-corrected chi connectivity index (χ1v) is 38.7. The molecule has 0 aliphatic heterocycles. The second-order valence-corrected chi connectivity index (χ2v) is 26.8. The van der Waals surface area contributed by atoms with Crippen LogP contribution in [0, 0.1) is 10.8 Å². The fourth-order valence-electron chi connectivity index (χ4n) is 8.94. The Morgan fingerprint density at radius 1 is 0.277 bits per heavy atom. The van der Waals surface area contributed by atoms with E-state index in [1.165, 1.54) is 0 Å². The Morgan fingerprint density at radius 2 is 0.464 bits per heavy atom. The summed E-state index contributed by atoms with van der Waals surface area (Å²) in [7, 11) is 3.26. The van der Waals surface area contributed by atoms with Gasteiger partial charge in [-0.15, -0.1) is 0 Å². The minimum Gasteiger partial charge on any atom is -0.382 e. The minimum atomic E-state index is -1.59. The molecule has 38 heteroatoms. The van der Waals surface area contributed by atoms with Crippen LogP contribution in [0.25, 0.3) is 0 Å². The SMILES string of the molecule is COCCOCCOCCOCCOCCOCCOCCOCCOCCOCC(=O)NCCCC[C@H](NC(=O)C(N)C(N)C(=O)N[C@@H](CCCCNC(=O)COCCOCCOCCOCCOCCOCCOCCOCCOCCOC)C(=O)NCCCC(C)(C)C)C(=O)NCCCC(C)(C)C.O=C=O.O=C=O. The number of unbranched alkanes of at least 4 members (excludes halogenated alkanes) is 2. The molecule has 0 saturated heterocycles. The quantitative estimate of drug-likeness (QED) is 0.0356. The zero-order chi connectivity index (χ0) is 83.3. The average molecular weight is 1620 g/mol. The van der Waals surface area contributed by atoms with Crippen LogP contribution in [0.4, 0.5) is 0 Å². The van der Waals surface area contributed by atoms with Crippen molar-refractivity contribution in [2.24, 2.45) is 22.3 Å². The van der Waals surface area contributed by atoms with Crippen molar-refractivity contribution in [2.45, 2.75) is 130 Å². The second kappa shape index (κ2) is 85.1. The number of ether oxygens (including phenoxy) is 20. The van der Waals surface area contributed by atoms with E-state index in [1.54, 1.807) is 14.2 Å². The molecule has 38 nitrogen and oxygen atoms in total. The summed E-state index contributed by atoms with van der Waals surface area (Å²) in [6.07, 6.45) is 5.80. The van der Waals surface area contributed by atoms with Gasteiger partial charge in [-0.1, -0.05) is 41.5 Å². The van der Waals surface area contributed by atoms with Crippen molar-refractivity contribution in [1.29, 1.82) is 0 Å². The maximum atomic E-state index is 13.7. The smallest absolute Gasteiger partial charge is 0.373 e. The number of rotatable bonds is 81. The molecule has 0 bridgehead atoms. The number of methoxy groups -OCH3 is 2. The van der Waals surface area contributed by atoms with Crippen molar-refractivity contribution in [2.75, 3.05) is 291 Å². The summed E-state index contributed by atoms with van der Waals surface area (Å²) in [6, 6.07) is -5.24. The molecule has 0 radical (unpaired) electrons. The Balaban J connectivity index is -0.0000191. The summed E-state index contributed by atoms with van der Waals surface area (Å²) in [4.78, 5) is 112. The molecule has 0 rings (SSSR count). The third kappa shape index (κ3) is 85.6. The van der Waals surface area contributed by atoms with Crippen LogP contribution in [0.3, 0.4) is 0 Å². The van der Waals surface area contributed by atoms with Crippen molar-refractivity contribution in [3.8, 4) is 0 Å². The summed E-state index contributed by atoms with van der Waals surface area (Å²) < 4.78 is 108. The van der Waals surface area contributed by atoms with Gasteiger partial charge >= 0.3 is 12.3 Å². The topological polar surface area (TPSA) is 480 Å². The van der Waals surface area contributed by atoms with E-state index in [0.717, 1.165) is 12.8 Å². The van der Waals surface area contributed by atoms with E-state index in [4.69, 9.17) is 125 Å². The third-order valence-corrected chi connectivity index (χ3v) is 14.8. The third-order valence-electron chi connectivity index (χ3n) is 14.8. The van der Waals surface area contributed by atoms with Crippen LogP contribution in [-0.2, 0) is 143 Å². The van der Waals surface area contributed by atoms with Gasteiger partial charge in [0.05, 0.1) is 238 Å². The molecule has 0 saturated carbocycles. The lowest BCUT2D eigenvalue weighted by molar-refractivity contribution is -0.193. The second-order valence-electron chi connectivity index (χ2n) is 26.8. The van der Waals surface area contributed by atoms with E-state index in [-0.39, 0.29) is 101 Å². The predicted octanol–water partition coefficient (Wildman–Crippen LogP) is -0.507. The molecule has 0 aromatic carbocycles. The van der Waals surface area contributed by atoms with Gasteiger partial charge in [0, 0.05) is 40.4 Å². The molecule has 6 amide bonds. The number of carbonyl (C=O) groups is 6. The lowest BCUT2D eigenvalue weighted by Crippen LogP contribution is -2.62. The Labute approximate surface area is 663 Å². The Hall–Kier alpha value is -5.30. The van der Waals surface area contributed by atoms with E-state index < -0.39 is 47.8 Å². The maximum absolute atomic E-state index is 13.7. The molecule has 0 fully saturated rings. The summed E-state index contributed by atoms with van der Waals surface area (Å²) >= 11 is 0. The van der Waals surface area contributed by atoms with Crippen LogP contribution in [0.2, 0.25) is 0 Å². The maximum Gasteiger partial charge on any atom is 0.373 e. The van der Waals surface area contributed by atoms with Crippen LogP contribution in [-0.4, -0.2) is 363 Å². The van der Waals surface area contributed by atoms with Gasteiger partial charge in [0.15, 0.2) is 0 Å². The predicted molar refractivity (Wildman–Crippen MR) is 405 cm³/mol. The molecule has 0 aliphatic rings. The summed E-state index contributed by atoms with van der Waals surface area (Å²) in [6.45, 7) is 29.3. The van der Waals surface area contributed by atoms with Crippen molar-refractivity contribution in [1.82, 2.24) is 31.9 Å². The van der Waals surface area contributed by atoms with Gasteiger partial charge in [0.25, 0.3) is 0 Å². The van der Waals surface area contributed by atoms with Crippen molar-refractivity contribution >= 4 is 47.7 Å². The molecule has 0 spiro atoms. The van der Waals surface area contributed by atoms with E-state index in [9.17, 15) is 28.8 Å². The van der Waals surface area contributed by atoms with Gasteiger partial charge in [0.1, 0.15) is 37.4 Å². The number of hydrogen-bond donors (Lipinski definition) is 8. The van der Waals surface area contributed by atoms with Gasteiger partial charge < -0.3 is 138 Å². The standard InChI is InChI=1S/C72H142N8O26.2CO2/c1-71(2,3)17-13-21-77-67(83)61(15-9-11-19-75-63(81)59-105-57-55-103-53-51-101-49-47-99-45-43-97-41-39-95-37-35-93-33-31-91-29-27-89-25-23-87-7)79-69(85)65(73)66(74)70(86)80-62(68(84)78-22-14-18-72(4,5)6)16-10-12-20-76-64(82)60-106-58-56-104-54-52-102-50-48-100-46-44-98-42-40-96-38-36-94-34-32-92-30-28-90-26-24-88-8;2*2-1-3/h61-62,65-66H,9-60,73-74H2,1-8H3,(H,75,81)(H,76,82)(H,77,83)(H,78,84)(H,79,85)(H,80,86);;/t61-,62-,65?,66?;;/m0../s1. The highest BCUT2D eigenvalue weighted by atomic mass is 16.6. The van der Waals surface area contributed by atoms with Crippen LogP contribution in [0.1, 0.15) is 106 Å². The van der Waals surface area contributed by atoms with Crippen LogP contribution < -0.4 is 43.4 Å². The molecule has 0 heterocycles. The van der Waals surface area contributed by atoms with Gasteiger partial charge in [-0.3, -0.25) is 28.8 Å². The van der Waals surface area contributed by atoms with Gasteiger partial charge in [0.2, 0.25) is 35.4 Å². The molecular weight excluding hydrogens is 1480 g/mol. The summed E-state index contributed by atoms with van der Waals surface area (Å²) in [5.74, 6) is -3.18. The number of nitrogens with one attached hydrogen (secondary N) is 6. The Bertz CT molecular complexity index is 2090.